The van der Waals surface area contributed by atoms with Crippen LogP contribution in [0, 0.1) is 16.0 Å². The zero-order valence-corrected chi connectivity index (χ0v) is 13.5. The summed E-state index contributed by atoms with van der Waals surface area (Å²) in [4.78, 5) is 29.3. The number of amides is 1. The number of fused-ring (bicyclic) bond motifs is 1. The standard InChI is InChI=1S/C18H17N3O3/c1-12(2)11-20-16-9-4-3-8-15(16)17(18(20)22)19-13-6-5-7-14(10-13)21(23)24/h3-10,12H,11H2,1-2H3. The Kier molecular flexibility index (Phi) is 4.12. The Balaban J connectivity index is 2.06. The molecule has 1 aliphatic heterocycles. The molecule has 6 heteroatoms. The number of carbonyl (C=O) groups excluding carboxylic acids is 1. The van der Waals surface area contributed by atoms with Gasteiger partial charge in [-0.25, -0.2) is 4.99 Å². The van der Waals surface area contributed by atoms with Gasteiger partial charge in [-0.3, -0.25) is 14.9 Å². The second-order valence-electron chi connectivity index (χ2n) is 6.06. The van der Waals surface area contributed by atoms with Gasteiger partial charge in [-0.05, 0) is 18.1 Å². The molecule has 24 heavy (non-hydrogen) atoms. The summed E-state index contributed by atoms with van der Waals surface area (Å²) in [6, 6.07) is 13.5. The van der Waals surface area contributed by atoms with E-state index < -0.39 is 4.92 Å². The van der Waals surface area contributed by atoms with E-state index in [9.17, 15) is 14.9 Å². The molecule has 1 heterocycles. The zero-order chi connectivity index (χ0) is 17.3. The Bertz CT molecular complexity index is 843. The summed E-state index contributed by atoms with van der Waals surface area (Å²) in [6.45, 7) is 4.70. The van der Waals surface area contributed by atoms with Gasteiger partial charge in [0.2, 0.25) is 0 Å². The van der Waals surface area contributed by atoms with Gasteiger partial charge in [-0.15, -0.1) is 0 Å². The number of non-ortho nitro benzene ring substituents is 1. The summed E-state index contributed by atoms with van der Waals surface area (Å²) in [5.41, 5.74) is 2.27. The monoisotopic (exact) mass is 323 g/mol. The fraction of sp³-hybridized carbons (Fsp3) is 0.222. The highest BCUT2D eigenvalue weighted by Gasteiger charge is 2.33. The summed E-state index contributed by atoms with van der Waals surface area (Å²) in [6.07, 6.45) is 0. The molecule has 0 fully saturated rings. The average Bonchev–Trinajstić information content (AvgIpc) is 2.81. The van der Waals surface area contributed by atoms with Crippen LogP contribution in [-0.4, -0.2) is 23.1 Å². The number of carbonyl (C=O) groups is 1. The number of hydrogen-bond donors (Lipinski definition) is 0. The first-order valence-electron chi connectivity index (χ1n) is 7.72. The summed E-state index contributed by atoms with van der Waals surface area (Å²) in [5, 5.41) is 10.9. The number of nitrogens with zero attached hydrogens (tertiary/aromatic N) is 3. The number of para-hydroxylation sites is 1. The van der Waals surface area contributed by atoms with Crippen molar-refractivity contribution >= 4 is 28.7 Å². The van der Waals surface area contributed by atoms with Crippen LogP contribution in [-0.2, 0) is 4.79 Å². The van der Waals surface area contributed by atoms with E-state index in [1.807, 2.05) is 38.1 Å². The van der Waals surface area contributed by atoms with Gasteiger partial charge < -0.3 is 4.90 Å². The predicted octanol–water partition coefficient (Wildman–Crippen LogP) is 3.72. The van der Waals surface area contributed by atoms with Crippen molar-refractivity contribution in [2.45, 2.75) is 13.8 Å². The van der Waals surface area contributed by atoms with Gasteiger partial charge in [0.25, 0.3) is 11.6 Å². The number of aliphatic imine (C=N–C) groups is 1. The predicted molar refractivity (Wildman–Crippen MR) is 92.9 cm³/mol. The van der Waals surface area contributed by atoms with Crippen molar-refractivity contribution in [1.29, 1.82) is 0 Å². The second kappa shape index (κ2) is 6.23. The number of benzene rings is 2. The Morgan fingerprint density at radius 3 is 2.62 bits per heavy atom. The van der Waals surface area contributed by atoms with E-state index in [0.29, 0.717) is 23.9 Å². The molecule has 122 valence electrons. The van der Waals surface area contributed by atoms with Gasteiger partial charge in [0.15, 0.2) is 0 Å². The first-order chi connectivity index (χ1) is 11.5. The SMILES string of the molecule is CC(C)CN1C(=O)C(=Nc2cccc([N+](=O)[O-])c2)c2ccccc21. The molecule has 0 aliphatic carbocycles. The van der Waals surface area contributed by atoms with E-state index >= 15 is 0 Å². The lowest BCUT2D eigenvalue weighted by atomic mass is 10.1. The molecule has 0 saturated carbocycles. The van der Waals surface area contributed by atoms with Crippen LogP contribution in [0.4, 0.5) is 17.1 Å². The zero-order valence-electron chi connectivity index (χ0n) is 13.5. The first kappa shape index (κ1) is 15.9. The van der Waals surface area contributed by atoms with Crippen molar-refractivity contribution in [2.24, 2.45) is 10.9 Å². The van der Waals surface area contributed by atoms with Crippen LogP contribution in [0.1, 0.15) is 19.4 Å². The third-order valence-electron chi connectivity index (χ3n) is 3.73. The minimum Gasteiger partial charge on any atom is -0.306 e. The van der Waals surface area contributed by atoms with Gasteiger partial charge in [0, 0.05) is 24.2 Å². The molecule has 1 amide bonds. The summed E-state index contributed by atoms with van der Waals surface area (Å²) < 4.78 is 0. The molecule has 2 aromatic rings. The van der Waals surface area contributed by atoms with Crippen LogP contribution < -0.4 is 4.90 Å². The van der Waals surface area contributed by atoms with Crippen molar-refractivity contribution in [2.75, 3.05) is 11.4 Å². The number of anilines is 1. The largest absolute Gasteiger partial charge is 0.306 e. The van der Waals surface area contributed by atoms with Crippen molar-refractivity contribution in [1.82, 2.24) is 0 Å². The maximum Gasteiger partial charge on any atom is 0.277 e. The van der Waals surface area contributed by atoms with Crippen molar-refractivity contribution in [3.05, 3.63) is 64.2 Å². The molecule has 0 saturated heterocycles. The van der Waals surface area contributed by atoms with Crippen LogP contribution in [0.2, 0.25) is 0 Å². The lowest BCUT2D eigenvalue weighted by Crippen LogP contribution is -2.33. The Hall–Kier alpha value is -3.02. The highest BCUT2D eigenvalue weighted by Crippen LogP contribution is 2.31. The second-order valence-corrected chi connectivity index (χ2v) is 6.06. The molecule has 0 unspecified atom stereocenters. The minimum atomic E-state index is -0.473. The molecule has 0 aromatic heterocycles. The topological polar surface area (TPSA) is 75.8 Å². The van der Waals surface area contributed by atoms with Crippen molar-refractivity contribution in [3.63, 3.8) is 0 Å². The number of hydrogen-bond acceptors (Lipinski definition) is 4. The molecular weight excluding hydrogens is 306 g/mol. The number of rotatable bonds is 4. The molecule has 3 rings (SSSR count). The first-order valence-corrected chi connectivity index (χ1v) is 7.72. The molecular formula is C18H17N3O3. The molecule has 2 aromatic carbocycles. The maximum atomic E-state index is 12.8. The van der Waals surface area contributed by atoms with Gasteiger partial charge in [0.05, 0.1) is 16.3 Å². The molecule has 0 spiro atoms. The van der Waals surface area contributed by atoms with E-state index in [-0.39, 0.29) is 11.6 Å². The highest BCUT2D eigenvalue weighted by atomic mass is 16.6. The normalized spacial score (nSPS) is 15.2. The molecule has 0 atom stereocenters. The number of nitro groups is 1. The fourth-order valence-electron chi connectivity index (χ4n) is 2.72. The molecule has 0 N–H and O–H groups in total. The average molecular weight is 323 g/mol. The maximum absolute atomic E-state index is 12.8. The van der Waals surface area contributed by atoms with E-state index in [1.165, 1.54) is 12.1 Å². The molecule has 0 bridgehead atoms. The van der Waals surface area contributed by atoms with Gasteiger partial charge in [-0.2, -0.15) is 0 Å². The number of nitro benzene ring substituents is 1. The van der Waals surface area contributed by atoms with Crippen LogP contribution >= 0.6 is 0 Å². The third kappa shape index (κ3) is 2.90. The van der Waals surface area contributed by atoms with Gasteiger partial charge in [0.1, 0.15) is 5.71 Å². The minimum absolute atomic E-state index is 0.0467. The quantitative estimate of drug-likeness (QED) is 0.635. The lowest BCUT2D eigenvalue weighted by Gasteiger charge is -2.18. The van der Waals surface area contributed by atoms with E-state index in [1.54, 1.807) is 17.0 Å². The summed E-state index contributed by atoms with van der Waals surface area (Å²) >= 11 is 0. The Labute approximate surface area is 139 Å². The summed E-state index contributed by atoms with van der Waals surface area (Å²) in [5.74, 6) is 0.149. The van der Waals surface area contributed by atoms with Crippen molar-refractivity contribution < 1.29 is 9.72 Å². The third-order valence-corrected chi connectivity index (χ3v) is 3.73. The van der Waals surface area contributed by atoms with Gasteiger partial charge in [-0.1, -0.05) is 38.1 Å². The van der Waals surface area contributed by atoms with Crippen LogP contribution in [0.15, 0.2) is 53.5 Å². The molecule has 0 radical (unpaired) electrons. The van der Waals surface area contributed by atoms with E-state index in [0.717, 1.165) is 11.3 Å². The van der Waals surface area contributed by atoms with Gasteiger partial charge >= 0.3 is 0 Å². The highest BCUT2D eigenvalue weighted by molar-refractivity contribution is 6.54. The Morgan fingerprint density at radius 1 is 1.17 bits per heavy atom. The summed E-state index contributed by atoms with van der Waals surface area (Å²) in [7, 11) is 0. The lowest BCUT2D eigenvalue weighted by molar-refractivity contribution is -0.384. The van der Waals surface area contributed by atoms with Crippen LogP contribution in [0.5, 0.6) is 0 Å². The smallest absolute Gasteiger partial charge is 0.277 e. The Morgan fingerprint density at radius 2 is 1.92 bits per heavy atom. The van der Waals surface area contributed by atoms with Crippen molar-refractivity contribution in [3.8, 4) is 0 Å². The van der Waals surface area contributed by atoms with E-state index in [4.69, 9.17) is 0 Å². The molecule has 6 nitrogen and oxygen atoms in total. The fourth-order valence-corrected chi connectivity index (χ4v) is 2.72. The van der Waals surface area contributed by atoms with Crippen LogP contribution in [0.3, 0.4) is 0 Å². The molecule has 1 aliphatic rings. The van der Waals surface area contributed by atoms with E-state index in [2.05, 4.69) is 4.99 Å². The van der Waals surface area contributed by atoms with Crippen LogP contribution in [0.25, 0.3) is 0 Å².